The Balaban J connectivity index is 1.63. The molecule has 9 nitrogen and oxygen atoms in total. The lowest BCUT2D eigenvalue weighted by Gasteiger charge is -2.30. The summed E-state index contributed by atoms with van der Waals surface area (Å²) in [6.07, 6.45) is 5.85. The summed E-state index contributed by atoms with van der Waals surface area (Å²) >= 11 is 0. The van der Waals surface area contributed by atoms with Gasteiger partial charge in [0.1, 0.15) is 5.69 Å². The summed E-state index contributed by atoms with van der Waals surface area (Å²) in [6.45, 7) is 5.09. The SMILES string of the molecule is CCCc1ccc(=O)n(Cc2c(-c3ccc(C4CCOC(CC(=O)O)C4)c(CC)n3)nnn2C)c1. The van der Waals surface area contributed by atoms with E-state index in [0.29, 0.717) is 25.3 Å². The Bertz CT molecular complexity index is 1250. The van der Waals surface area contributed by atoms with Crippen molar-refractivity contribution < 1.29 is 14.6 Å². The van der Waals surface area contributed by atoms with Gasteiger partial charge in [0.25, 0.3) is 5.56 Å². The number of nitrogens with zero attached hydrogens (tertiary/aromatic N) is 5. The fourth-order valence-corrected chi connectivity index (χ4v) is 4.85. The molecular formula is C26H33N5O4. The van der Waals surface area contributed by atoms with Crippen LogP contribution in [0, 0.1) is 0 Å². The average molecular weight is 480 g/mol. The fourth-order valence-electron chi connectivity index (χ4n) is 4.85. The Kier molecular flexibility index (Phi) is 7.75. The molecule has 1 N–H and O–H groups in total. The number of rotatable bonds is 9. The van der Waals surface area contributed by atoms with Gasteiger partial charge in [-0.25, -0.2) is 4.68 Å². The summed E-state index contributed by atoms with van der Waals surface area (Å²) in [7, 11) is 1.83. The van der Waals surface area contributed by atoms with Gasteiger partial charge < -0.3 is 14.4 Å². The smallest absolute Gasteiger partial charge is 0.305 e. The van der Waals surface area contributed by atoms with Gasteiger partial charge in [-0.1, -0.05) is 37.6 Å². The van der Waals surface area contributed by atoms with E-state index < -0.39 is 5.97 Å². The molecule has 9 heteroatoms. The van der Waals surface area contributed by atoms with Crippen LogP contribution in [-0.4, -0.2) is 48.3 Å². The number of aliphatic carboxylic acids is 1. The molecule has 1 aliphatic rings. The number of carbonyl (C=O) groups is 1. The summed E-state index contributed by atoms with van der Waals surface area (Å²) in [5.74, 6) is -0.625. The van der Waals surface area contributed by atoms with Crippen molar-refractivity contribution in [1.82, 2.24) is 24.5 Å². The number of carboxylic acid groups (broad SMARTS) is 1. The van der Waals surface area contributed by atoms with Gasteiger partial charge in [0.2, 0.25) is 0 Å². The number of aryl methyl sites for hydroxylation is 3. The molecule has 1 saturated heterocycles. The molecule has 1 aliphatic heterocycles. The Hall–Kier alpha value is -3.33. The molecule has 3 aromatic rings. The topological polar surface area (TPSA) is 112 Å². The normalized spacial score (nSPS) is 18.0. The molecule has 35 heavy (non-hydrogen) atoms. The van der Waals surface area contributed by atoms with Crippen LogP contribution in [0.3, 0.4) is 0 Å². The molecule has 0 bridgehead atoms. The van der Waals surface area contributed by atoms with E-state index in [9.17, 15) is 9.59 Å². The molecule has 0 radical (unpaired) electrons. The highest BCUT2D eigenvalue weighted by atomic mass is 16.5. The molecule has 4 rings (SSSR count). The van der Waals surface area contributed by atoms with Crippen LogP contribution in [0.5, 0.6) is 0 Å². The first kappa shape index (κ1) is 24.8. The van der Waals surface area contributed by atoms with Crippen LogP contribution >= 0.6 is 0 Å². The molecule has 3 aromatic heterocycles. The van der Waals surface area contributed by atoms with E-state index in [1.807, 2.05) is 25.4 Å². The molecule has 2 atom stereocenters. The number of ether oxygens (including phenoxy) is 1. The summed E-state index contributed by atoms with van der Waals surface area (Å²) < 4.78 is 9.07. The van der Waals surface area contributed by atoms with E-state index in [1.165, 1.54) is 0 Å². The highest BCUT2D eigenvalue weighted by molar-refractivity contribution is 5.67. The Morgan fingerprint density at radius 3 is 2.80 bits per heavy atom. The average Bonchev–Trinajstić information content (AvgIpc) is 3.20. The second-order valence-corrected chi connectivity index (χ2v) is 9.16. The second-order valence-electron chi connectivity index (χ2n) is 9.16. The van der Waals surface area contributed by atoms with Crippen molar-refractivity contribution >= 4 is 5.97 Å². The molecule has 2 unspecified atom stereocenters. The molecule has 1 fully saturated rings. The van der Waals surface area contributed by atoms with Gasteiger partial charge in [0, 0.05) is 31.6 Å². The largest absolute Gasteiger partial charge is 0.481 e. The first-order valence-electron chi connectivity index (χ1n) is 12.3. The Morgan fingerprint density at radius 1 is 1.23 bits per heavy atom. The minimum absolute atomic E-state index is 0.0191. The van der Waals surface area contributed by atoms with E-state index in [2.05, 4.69) is 30.2 Å². The molecule has 0 spiro atoms. The van der Waals surface area contributed by atoms with Crippen LogP contribution in [0.15, 0.2) is 35.3 Å². The van der Waals surface area contributed by atoms with Crippen LogP contribution in [0.25, 0.3) is 11.4 Å². The van der Waals surface area contributed by atoms with Gasteiger partial charge in [0.05, 0.1) is 30.5 Å². The quantitative estimate of drug-likeness (QED) is 0.501. The van der Waals surface area contributed by atoms with Crippen LogP contribution in [0.2, 0.25) is 0 Å². The molecule has 0 saturated carbocycles. The fraction of sp³-hybridized carbons (Fsp3) is 0.500. The van der Waals surface area contributed by atoms with Crippen LogP contribution in [-0.2, 0) is 36.0 Å². The lowest BCUT2D eigenvalue weighted by Crippen LogP contribution is -2.27. The Morgan fingerprint density at radius 2 is 2.06 bits per heavy atom. The Labute approximate surface area is 204 Å². The highest BCUT2D eigenvalue weighted by Gasteiger charge is 2.28. The molecule has 0 aromatic carbocycles. The van der Waals surface area contributed by atoms with E-state index in [1.54, 1.807) is 15.3 Å². The number of pyridine rings is 2. The number of hydrogen-bond donors (Lipinski definition) is 1. The number of carboxylic acids is 1. The van der Waals surface area contributed by atoms with Crippen molar-refractivity contribution in [2.24, 2.45) is 7.05 Å². The third-order valence-electron chi connectivity index (χ3n) is 6.64. The lowest BCUT2D eigenvalue weighted by molar-refractivity contribution is -0.141. The summed E-state index contributed by atoms with van der Waals surface area (Å²) in [5, 5.41) is 17.8. The van der Waals surface area contributed by atoms with Gasteiger partial charge >= 0.3 is 5.97 Å². The van der Waals surface area contributed by atoms with Gasteiger partial charge in [-0.2, -0.15) is 0 Å². The zero-order chi connectivity index (χ0) is 24.9. The summed E-state index contributed by atoms with van der Waals surface area (Å²) in [4.78, 5) is 28.6. The van der Waals surface area contributed by atoms with Crippen LogP contribution < -0.4 is 5.56 Å². The predicted octanol–water partition coefficient (Wildman–Crippen LogP) is 3.34. The first-order chi connectivity index (χ1) is 16.9. The monoisotopic (exact) mass is 479 g/mol. The molecule has 186 valence electrons. The third-order valence-corrected chi connectivity index (χ3v) is 6.64. The molecular weight excluding hydrogens is 446 g/mol. The zero-order valence-electron chi connectivity index (χ0n) is 20.6. The molecule has 0 aliphatic carbocycles. The zero-order valence-corrected chi connectivity index (χ0v) is 20.6. The van der Waals surface area contributed by atoms with Crippen LogP contribution in [0.4, 0.5) is 0 Å². The van der Waals surface area contributed by atoms with Crippen molar-refractivity contribution in [2.75, 3.05) is 6.61 Å². The summed E-state index contributed by atoms with van der Waals surface area (Å²) in [5.41, 5.74) is 5.38. The number of aromatic nitrogens is 5. The van der Waals surface area contributed by atoms with Gasteiger partial charge in [-0.3, -0.25) is 14.6 Å². The van der Waals surface area contributed by atoms with Crippen molar-refractivity contribution in [3.8, 4) is 11.4 Å². The predicted molar refractivity (Wildman–Crippen MR) is 131 cm³/mol. The van der Waals surface area contributed by atoms with Gasteiger partial charge in [0.15, 0.2) is 0 Å². The lowest BCUT2D eigenvalue weighted by atomic mass is 9.86. The highest BCUT2D eigenvalue weighted by Crippen LogP contribution is 2.34. The summed E-state index contributed by atoms with van der Waals surface area (Å²) in [6, 6.07) is 7.54. The van der Waals surface area contributed by atoms with Crippen molar-refractivity contribution in [3.05, 3.63) is 63.3 Å². The van der Waals surface area contributed by atoms with E-state index in [4.69, 9.17) is 14.8 Å². The van der Waals surface area contributed by atoms with Gasteiger partial charge in [-0.05, 0) is 48.8 Å². The third kappa shape index (κ3) is 5.67. The van der Waals surface area contributed by atoms with E-state index in [0.717, 1.165) is 53.9 Å². The maximum absolute atomic E-state index is 12.5. The van der Waals surface area contributed by atoms with Crippen molar-refractivity contribution in [1.29, 1.82) is 0 Å². The number of hydrogen-bond acceptors (Lipinski definition) is 6. The van der Waals surface area contributed by atoms with E-state index in [-0.39, 0.29) is 24.0 Å². The van der Waals surface area contributed by atoms with E-state index >= 15 is 0 Å². The first-order valence-corrected chi connectivity index (χ1v) is 12.3. The van der Waals surface area contributed by atoms with Crippen molar-refractivity contribution in [3.63, 3.8) is 0 Å². The maximum atomic E-state index is 12.5. The standard InChI is InChI=1S/C26H33N5O4/c1-4-6-17-7-10-24(32)31(15-17)16-23-26(28-29-30(23)3)22-9-8-20(21(5-2)27-22)18-11-12-35-19(13-18)14-25(33)34/h7-10,15,18-19H,4-6,11-14,16H2,1-3H3,(H,33,34). The maximum Gasteiger partial charge on any atom is 0.305 e. The molecule has 4 heterocycles. The molecule has 0 amide bonds. The van der Waals surface area contributed by atoms with Crippen LogP contribution in [0.1, 0.15) is 68.0 Å². The minimum Gasteiger partial charge on any atom is -0.481 e. The minimum atomic E-state index is -0.839. The van der Waals surface area contributed by atoms with Gasteiger partial charge in [-0.15, -0.1) is 5.10 Å². The second kappa shape index (κ2) is 10.9. The van der Waals surface area contributed by atoms with Crippen molar-refractivity contribution in [2.45, 2.75) is 70.9 Å².